The molecule has 1 atom stereocenters. The highest BCUT2D eigenvalue weighted by Gasteiger charge is 2.24. The van der Waals surface area contributed by atoms with Gasteiger partial charge < -0.3 is 5.73 Å². The molecular weight excluding hydrogens is 246 g/mol. The molecule has 0 aliphatic heterocycles. The molecule has 98 valence electrons. The van der Waals surface area contributed by atoms with Gasteiger partial charge in [0.05, 0.1) is 0 Å². The van der Waals surface area contributed by atoms with Crippen LogP contribution in [0.5, 0.6) is 0 Å². The van der Waals surface area contributed by atoms with Crippen LogP contribution in [0.2, 0.25) is 0 Å². The van der Waals surface area contributed by atoms with E-state index < -0.39 is 0 Å². The van der Waals surface area contributed by atoms with Crippen LogP contribution in [0, 0.1) is 0 Å². The summed E-state index contributed by atoms with van der Waals surface area (Å²) in [5.74, 6) is 1.60. The molecule has 1 unspecified atom stereocenters. The fourth-order valence-electron chi connectivity index (χ4n) is 2.56. The van der Waals surface area contributed by atoms with Crippen LogP contribution in [0.3, 0.4) is 0 Å². The number of aromatic nitrogens is 4. The first-order valence-corrected chi connectivity index (χ1v) is 7.56. The Balaban J connectivity index is 1.88. The number of nitrogens with two attached hydrogens (primary N) is 1. The number of fused-ring (bicyclic) bond motifs is 1. The van der Waals surface area contributed by atoms with E-state index in [1.54, 1.807) is 11.3 Å². The normalized spacial score (nSPS) is 18.8. The van der Waals surface area contributed by atoms with Gasteiger partial charge in [-0.15, -0.1) is 10.2 Å². The topological polar surface area (TPSA) is 69.1 Å². The molecule has 2 heterocycles. The smallest absolute Gasteiger partial charge is 0.234 e. The molecule has 18 heavy (non-hydrogen) atoms. The van der Waals surface area contributed by atoms with E-state index in [1.165, 1.54) is 25.7 Å². The summed E-state index contributed by atoms with van der Waals surface area (Å²) in [5.41, 5.74) is 5.98. The lowest BCUT2D eigenvalue weighted by Crippen LogP contribution is -2.21. The van der Waals surface area contributed by atoms with Crippen LogP contribution >= 0.6 is 11.3 Å². The van der Waals surface area contributed by atoms with E-state index in [1.807, 2.05) is 4.52 Å². The van der Waals surface area contributed by atoms with Gasteiger partial charge in [0.1, 0.15) is 5.01 Å². The van der Waals surface area contributed by atoms with Crippen LogP contribution in [0.25, 0.3) is 4.96 Å². The average Bonchev–Trinajstić information content (AvgIpc) is 3.03. The summed E-state index contributed by atoms with van der Waals surface area (Å²) in [5, 5.41) is 14.3. The third-order valence-corrected chi connectivity index (χ3v) is 4.66. The highest BCUT2D eigenvalue weighted by atomic mass is 32.1. The quantitative estimate of drug-likeness (QED) is 0.919. The highest BCUT2D eigenvalue weighted by molar-refractivity contribution is 7.16. The second-order valence-electron chi connectivity index (χ2n) is 5.10. The molecule has 2 N–H and O–H groups in total. The zero-order valence-corrected chi connectivity index (χ0v) is 11.5. The van der Waals surface area contributed by atoms with Gasteiger partial charge >= 0.3 is 0 Å². The van der Waals surface area contributed by atoms with Crippen molar-refractivity contribution in [1.82, 2.24) is 19.8 Å². The summed E-state index contributed by atoms with van der Waals surface area (Å²) in [6.07, 6.45) is 6.88. The van der Waals surface area contributed by atoms with Crippen molar-refractivity contribution in [3.05, 3.63) is 10.8 Å². The minimum absolute atomic E-state index is 0.198. The maximum atomic E-state index is 5.98. The van der Waals surface area contributed by atoms with Crippen LogP contribution in [-0.2, 0) is 6.42 Å². The summed E-state index contributed by atoms with van der Waals surface area (Å²) in [4.78, 5) is 0.912. The predicted octanol–water partition coefficient (Wildman–Crippen LogP) is 2.12. The van der Waals surface area contributed by atoms with Gasteiger partial charge in [-0.25, -0.2) is 0 Å². The largest absolute Gasteiger partial charge is 0.327 e. The van der Waals surface area contributed by atoms with Gasteiger partial charge in [-0.05, 0) is 19.3 Å². The van der Waals surface area contributed by atoms with E-state index >= 15 is 0 Å². The van der Waals surface area contributed by atoms with Gasteiger partial charge in [-0.2, -0.15) is 9.61 Å². The molecule has 3 rings (SSSR count). The summed E-state index contributed by atoms with van der Waals surface area (Å²) < 4.78 is 1.94. The van der Waals surface area contributed by atoms with Gasteiger partial charge in [0.25, 0.3) is 0 Å². The Kier molecular flexibility index (Phi) is 3.30. The summed E-state index contributed by atoms with van der Waals surface area (Å²) in [6.45, 7) is 2.11. The number of hydrogen-bond acceptors (Lipinski definition) is 5. The molecule has 2 aromatic rings. The van der Waals surface area contributed by atoms with Crippen LogP contribution in [0.15, 0.2) is 0 Å². The van der Waals surface area contributed by atoms with E-state index in [-0.39, 0.29) is 6.04 Å². The molecule has 1 fully saturated rings. The lowest BCUT2D eigenvalue weighted by atomic mass is 10.1. The molecule has 0 saturated heterocycles. The first kappa shape index (κ1) is 12.0. The van der Waals surface area contributed by atoms with E-state index in [0.717, 1.165) is 28.6 Å². The summed E-state index contributed by atoms with van der Waals surface area (Å²) in [7, 11) is 0. The van der Waals surface area contributed by atoms with Crippen molar-refractivity contribution in [2.24, 2.45) is 5.73 Å². The Morgan fingerprint density at radius 2 is 2.17 bits per heavy atom. The van der Waals surface area contributed by atoms with Crippen molar-refractivity contribution >= 4 is 16.3 Å². The van der Waals surface area contributed by atoms with Crippen molar-refractivity contribution in [2.45, 2.75) is 57.4 Å². The molecule has 0 bridgehead atoms. The third-order valence-electron chi connectivity index (χ3n) is 3.74. The zero-order valence-electron chi connectivity index (χ0n) is 10.7. The molecule has 0 aromatic carbocycles. The molecule has 2 aromatic heterocycles. The molecule has 1 aliphatic rings. The van der Waals surface area contributed by atoms with E-state index in [4.69, 9.17) is 5.73 Å². The first-order valence-electron chi connectivity index (χ1n) is 6.74. The summed E-state index contributed by atoms with van der Waals surface area (Å²) in [6, 6.07) is 0.198. The van der Waals surface area contributed by atoms with Crippen LogP contribution in [0.4, 0.5) is 0 Å². The van der Waals surface area contributed by atoms with E-state index in [2.05, 4.69) is 22.2 Å². The van der Waals surface area contributed by atoms with Gasteiger partial charge in [0.2, 0.25) is 4.96 Å². The van der Waals surface area contributed by atoms with E-state index in [9.17, 15) is 0 Å². The van der Waals surface area contributed by atoms with Crippen molar-refractivity contribution < 1.29 is 0 Å². The Morgan fingerprint density at radius 1 is 1.39 bits per heavy atom. The highest BCUT2D eigenvalue weighted by Crippen LogP contribution is 2.33. The molecule has 0 radical (unpaired) electrons. The molecule has 0 spiro atoms. The van der Waals surface area contributed by atoms with Gasteiger partial charge in [-0.3, -0.25) is 0 Å². The number of nitrogens with zero attached hydrogens (tertiary/aromatic N) is 4. The minimum atomic E-state index is 0.198. The van der Waals surface area contributed by atoms with E-state index in [0.29, 0.717) is 5.92 Å². The Bertz CT molecular complexity index is 526. The standard InChI is InChI=1S/C12H19N5S/c1-2-9(13)7-10-16-17-11(8-5-3-4-6-8)14-15-12(17)18-10/h8-9H,2-7,13H2,1H3. The lowest BCUT2D eigenvalue weighted by molar-refractivity contribution is 0.617. The van der Waals surface area contributed by atoms with Crippen LogP contribution in [-0.4, -0.2) is 25.9 Å². The van der Waals surface area contributed by atoms with Crippen molar-refractivity contribution in [2.75, 3.05) is 0 Å². The number of hydrogen-bond donors (Lipinski definition) is 1. The van der Waals surface area contributed by atoms with Gasteiger partial charge in [0, 0.05) is 18.4 Å². The SMILES string of the molecule is CCC(N)Cc1nn2c(C3CCCC3)nnc2s1. The molecule has 5 nitrogen and oxygen atoms in total. The molecule has 1 aliphatic carbocycles. The maximum absolute atomic E-state index is 5.98. The fourth-order valence-corrected chi connectivity index (χ4v) is 3.49. The lowest BCUT2D eigenvalue weighted by Gasteiger charge is -2.05. The number of rotatable bonds is 4. The fraction of sp³-hybridized carbons (Fsp3) is 0.750. The summed E-state index contributed by atoms with van der Waals surface area (Å²) >= 11 is 1.62. The van der Waals surface area contributed by atoms with Crippen molar-refractivity contribution in [1.29, 1.82) is 0 Å². The Morgan fingerprint density at radius 3 is 2.89 bits per heavy atom. The van der Waals surface area contributed by atoms with Crippen molar-refractivity contribution in [3.63, 3.8) is 0 Å². The second-order valence-corrected chi connectivity index (χ2v) is 6.14. The Hall–Kier alpha value is -1.01. The first-order chi connectivity index (χ1) is 8.78. The van der Waals surface area contributed by atoms with Gasteiger partial charge in [0.15, 0.2) is 5.82 Å². The monoisotopic (exact) mass is 265 g/mol. The predicted molar refractivity (Wildman–Crippen MR) is 71.8 cm³/mol. The van der Waals surface area contributed by atoms with Gasteiger partial charge in [-0.1, -0.05) is 31.1 Å². The molecule has 1 saturated carbocycles. The maximum Gasteiger partial charge on any atom is 0.234 e. The average molecular weight is 265 g/mol. The van der Waals surface area contributed by atoms with Crippen LogP contribution in [0.1, 0.15) is 55.8 Å². The molecule has 6 heteroatoms. The Labute approximate surface area is 110 Å². The zero-order chi connectivity index (χ0) is 12.5. The van der Waals surface area contributed by atoms with Crippen LogP contribution < -0.4 is 5.73 Å². The minimum Gasteiger partial charge on any atom is -0.327 e. The molecular formula is C12H19N5S. The van der Waals surface area contributed by atoms with Crippen molar-refractivity contribution in [3.8, 4) is 0 Å². The third kappa shape index (κ3) is 2.14. The second kappa shape index (κ2) is 4.93. The molecule has 0 amide bonds.